The molecule has 2 rings (SSSR count). The van der Waals surface area contributed by atoms with Crippen LogP contribution < -0.4 is 10.6 Å². The number of amides is 2. The SMILES string of the molecule is COC(=O)c1ccc(NC(=O)C(=O)NCCc2ccc(Cl)cc2Cl)cc1. The number of hydrogen-bond acceptors (Lipinski definition) is 4. The second-order valence-electron chi connectivity index (χ2n) is 5.26. The van der Waals surface area contributed by atoms with Crippen LogP contribution in [-0.4, -0.2) is 31.4 Å². The van der Waals surface area contributed by atoms with Crippen LogP contribution in [0.4, 0.5) is 5.69 Å². The highest BCUT2D eigenvalue weighted by molar-refractivity contribution is 6.39. The van der Waals surface area contributed by atoms with Crippen molar-refractivity contribution in [2.75, 3.05) is 19.0 Å². The lowest BCUT2D eigenvalue weighted by atomic mass is 10.1. The van der Waals surface area contributed by atoms with Gasteiger partial charge < -0.3 is 15.4 Å². The zero-order chi connectivity index (χ0) is 19.1. The molecule has 0 fully saturated rings. The Morgan fingerprint density at radius 2 is 1.69 bits per heavy atom. The van der Waals surface area contributed by atoms with Crippen LogP contribution in [0, 0.1) is 0 Å². The first-order chi connectivity index (χ1) is 12.4. The number of methoxy groups -OCH3 is 1. The Balaban J connectivity index is 1.83. The van der Waals surface area contributed by atoms with Crippen molar-refractivity contribution in [1.29, 1.82) is 0 Å². The van der Waals surface area contributed by atoms with Gasteiger partial charge in [-0.3, -0.25) is 9.59 Å². The molecule has 0 saturated carbocycles. The number of rotatable bonds is 5. The Labute approximate surface area is 160 Å². The fraction of sp³-hybridized carbons (Fsp3) is 0.167. The molecule has 0 bridgehead atoms. The number of benzene rings is 2. The maximum Gasteiger partial charge on any atom is 0.337 e. The third kappa shape index (κ3) is 5.47. The van der Waals surface area contributed by atoms with E-state index in [0.29, 0.717) is 27.7 Å². The van der Waals surface area contributed by atoms with Crippen LogP contribution in [0.25, 0.3) is 0 Å². The molecule has 0 atom stereocenters. The summed E-state index contributed by atoms with van der Waals surface area (Å²) in [7, 11) is 1.28. The van der Waals surface area contributed by atoms with E-state index < -0.39 is 17.8 Å². The van der Waals surface area contributed by atoms with Crippen molar-refractivity contribution in [3.63, 3.8) is 0 Å². The first-order valence-corrected chi connectivity index (χ1v) is 8.38. The minimum absolute atomic E-state index is 0.245. The lowest BCUT2D eigenvalue weighted by molar-refractivity contribution is -0.136. The van der Waals surface area contributed by atoms with Crippen LogP contribution in [0.1, 0.15) is 15.9 Å². The molecule has 0 spiro atoms. The van der Waals surface area contributed by atoms with Gasteiger partial charge in [0.25, 0.3) is 0 Å². The highest BCUT2D eigenvalue weighted by Crippen LogP contribution is 2.21. The van der Waals surface area contributed by atoms with Gasteiger partial charge in [0.05, 0.1) is 12.7 Å². The molecular formula is C18H16Cl2N2O4. The predicted octanol–water partition coefficient (Wildman–Crippen LogP) is 3.08. The minimum atomic E-state index is -0.807. The Kier molecular flexibility index (Phi) is 7.00. The van der Waals surface area contributed by atoms with E-state index in [2.05, 4.69) is 15.4 Å². The summed E-state index contributed by atoms with van der Waals surface area (Å²) >= 11 is 11.9. The van der Waals surface area contributed by atoms with Crippen molar-refractivity contribution in [3.8, 4) is 0 Å². The van der Waals surface area contributed by atoms with Crippen molar-refractivity contribution < 1.29 is 19.1 Å². The number of carbonyl (C=O) groups is 3. The summed E-state index contributed by atoms with van der Waals surface area (Å²) in [6.45, 7) is 0.245. The summed E-state index contributed by atoms with van der Waals surface area (Å²) in [6.07, 6.45) is 0.461. The maximum atomic E-state index is 11.9. The number of halogens is 2. The monoisotopic (exact) mass is 394 g/mol. The molecule has 136 valence electrons. The summed E-state index contributed by atoms with van der Waals surface area (Å²) in [5.41, 5.74) is 1.54. The molecule has 2 aromatic carbocycles. The van der Waals surface area contributed by atoms with Crippen LogP contribution >= 0.6 is 23.2 Å². The van der Waals surface area contributed by atoms with E-state index in [0.717, 1.165) is 5.56 Å². The zero-order valence-electron chi connectivity index (χ0n) is 13.8. The first kappa shape index (κ1) is 19.8. The number of hydrogen-bond donors (Lipinski definition) is 2. The van der Waals surface area contributed by atoms with Crippen LogP contribution in [0.5, 0.6) is 0 Å². The highest BCUT2D eigenvalue weighted by atomic mass is 35.5. The molecule has 2 aromatic rings. The van der Waals surface area contributed by atoms with Gasteiger partial charge in [-0.05, 0) is 48.4 Å². The third-order valence-corrected chi connectivity index (χ3v) is 4.05. The molecule has 0 aliphatic carbocycles. The first-order valence-electron chi connectivity index (χ1n) is 7.62. The summed E-state index contributed by atoms with van der Waals surface area (Å²) in [6, 6.07) is 11.1. The summed E-state index contributed by atoms with van der Waals surface area (Å²) in [5, 5.41) is 5.99. The van der Waals surface area contributed by atoms with E-state index in [9.17, 15) is 14.4 Å². The molecule has 2 N–H and O–H groups in total. The molecule has 26 heavy (non-hydrogen) atoms. The van der Waals surface area contributed by atoms with Gasteiger partial charge in [-0.25, -0.2) is 4.79 Å². The largest absolute Gasteiger partial charge is 0.465 e. The summed E-state index contributed by atoms with van der Waals surface area (Å²) < 4.78 is 4.58. The minimum Gasteiger partial charge on any atom is -0.465 e. The average molecular weight is 395 g/mol. The number of esters is 1. The van der Waals surface area contributed by atoms with Crippen molar-refractivity contribution >= 4 is 46.7 Å². The highest BCUT2D eigenvalue weighted by Gasteiger charge is 2.14. The second-order valence-corrected chi connectivity index (χ2v) is 6.11. The Bertz CT molecular complexity index is 822. The molecule has 0 aromatic heterocycles. The zero-order valence-corrected chi connectivity index (χ0v) is 15.4. The molecule has 0 saturated heterocycles. The Morgan fingerprint density at radius 1 is 1.00 bits per heavy atom. The standard InChI is InChI=1S/C18H16Cl2N2O4/c1-26-18(25)12-3-6-14(7-4-12)22-17(24)16(23)21-9-8-11-2-5-13(19)10-15(11)20/h2-7,10H,8-9H2,1H3,(H,21,23)(H,22,24). The van der Waals surface area contributed by atoms with E-state index in [1.165, 1.54) is 31.4 Å². The Hall–Kier alpha value is -2.57. The van der Waals surface area contributed by atoms with Crippen molar-refractivity contribution in [2.45, 2.75) is 6.42 Å². The smallest absolute Gasteiger partial charge is 0.337 e. The molecule has 0 aliphatic heterocycles. The number of ether oxygens (including phenoxy) is 1. The lowest BCUT2D eigenvalue weighted by Crippen LogP contribution is -2.36. The molecule has 0 unspecified atom stereocenters. The second kappa shape index (κ2) is 9.22. The van der Waals surface area contributed by atoms with Crippen LogP contribution in [0.2, 0.25) is 10.0 Å². The van der Waals surface area contributed by atoms with E-state index >= 15 is 0 Å². The molecule has 0 radical (unpaired) electrons. The fourth-order valence-electron chi connectivity index (χ4n) is 2.11. The van der Waals surface area contributed by atoms with Crippen LogP contribution in [-0.2, 0) is 20.7 Å². The van der Waals surface area contributed by atoms with Crippen molar-refractivity contribution in [2.24, 2.45) is 0 Å². The van der Waals surface area contributed by atoms with Crippen molar-refractivity contribution in [1.82, 2.24) is 5.32 Å². The molecule has 8 heteroatoms. The summed E-state index contributed by atoms with van der Waals surface area (Å²) in [5.74, 6) is -2.06. The normalized spacial score (nSPS) is 10.1. The van der Waals surface area contributed by atoms with E-state index in [4.69, 9.17) is 23.2 Å². The van der Waals surface area contributed by atoms with Gasteiger partial charge in [0.2, 0.25) is 0 Å². The van der Waals surface area contributed by atoms with Crippen molar-refractivity contribution in [3.05, 3.63) is 63.6 Å². The van der Waals surface area contributed by atoms with Gasteiger partial charge in [0, 0.05) is 22.3 Å². The fourth-order valence-corrected chi connectivity index (χ4v) is 2.61. The van der Waals surface area contributed by atoms with Gasteiger partial charge >= 0.3 is 17.8 Å². The molecule has 6 nitrogen and oxygen atoms in total. The lowest BCUT2D eigenvalue weighted by Gasteiger charge is -2.08. The van der Waals surface area contributed by atoms with Crippen LogP contribution in [0.3, 0.4) is 0 Å². The number of carbonyl (C=O) groups excluding carboxylic acids is 3. The molecule has 0 aliphatic rings. The third-order valence-electron chi connectivity index (χ3n) is 3.47. The van der Waals surface area contributed by atoms with E-state index in [1.54, 1.807) is 18.2 Å². The van der Waals surface area contributed by atoms with Gasteiger partial charge in [0.1, 0.15) is 0 Å². The number of anilines is 1. The molecule has 2 amide bonds. The Morgan fingerprint density at radius 3 is 2.31 bits per heavy atom. The number of nitrogens with one attached hydrogen (secondary N) is 2. The quantitative estimate of drug-likeness (QED) is 0.602. The van der Waals surface area contributed by atoms with E-state index in [1.807, 2.05) is 0 Å². The van der Waals surface area contributed by atoms with Gasteiger partial charge in [0.15, 0.2) is 0 Å². The maximum absolute atomic E-state index is 11.9. The van der Waals surface area contributed by atoms with Gasteiger partial charge in [-0.15, -0.1) is 0 Å². The molecule has 0 heterocycles. The average Bonchev–Trinajstić information content (AvgIpc) is 2.63. The van der Waals surface area contributed by atoms with Gasteiger partial charge in [-0.2, -0.15) is 0 Å². The van der Waals surface area contributed by atoms with E-state index in [-0.39, 0.29) is 6.54 Å². The topological polar surface area (TPSA) is 84.5 Å². The van der Waals surface area contributed by atoms with Gasteiger partial charge in [-0.1, -0.05) is 29.3 Å². The molecular weight excluding hydrogens is 379 g/mol. The predicted molar refractivity (Wildman–Crippen MR) is 99.6 cm³/mol. The van der Waals surface area contributed by atoms with Crippen LogP contribution in [0.15, 0.2) is 42.5 Å². The summed E-state index contributed by atoms with van der Waals surface area (Å²) in [4.78, 5) is 35.1.